The number of rotatable bonds is 5. The van der Waals surface area contributed by atoms with Crippen molar-refractivity contribution in [2.75, 3.05) is 50.8 Å². The number of anilines is 1. The Kier molecular flexibility index (Phi) is 5.46. The number of aromatic nitrogens is 2. The number of ether oxygens (including phenoxy) is 1. The molecule has 2 fully saturated rings. The zero-order chi connectivity index (χ0) is 16.1. The van der Waals surface area contributed by atoms with Gasteiger partial charge in [0.25, 0.3) is 0 Å². The van der Waals surface area contributed by atoms with E-state index in [1.165, 1.54) is 12.8 Å². The fourth-order valence-corrected chi connectivity index (χ4v) is 3.63. The highest BCUT2D eigenvalue weighted by atomic mass is 16.5. The predicted octanol–water partition coefficient (Wildman–Crippen LogP) is 1.09. The SMILES string of the molecule is CCCc1cncnc1N1CCOC[C@](O)(CN2CCCC2)C1. The van der Waals surface area contributed by atoms with Crippen molar-refractivity contribution in [2.45, 2.75) is 38.2 Å². The maximum atomic E-state index is 11.1. The highest BCUT2D eigenvalue weighted by molar-refractivity contribution is 5.46. The molecule has 1 atom stereocenters. The van der Waals surface area contributed by atoms with Gasteiger partial charge in [-0.2, -0.15) is 0 Å². The Morgan fingerprint density at radius 3 is 2.91 bits per heavy atom. The van der Waals surface area contributed by atoms with Crippen molar-refractivity contribution in [1.82, 2.24) is 14.9 Å². The van der Waals surface area contributed by atoms with Crippen LogP contribution in [0.2, 0.25) is 0 Å². The Morgan fingerprint density at radius 2 is 2.13 bits per heavy atom. The number of hydrogen-bond donors (Lipinski definition) is 1. The Morgan fingerprint density at radius 1 is 1.30 bits per heavy atom. The van der Waals surface area contributed by atoms with Gasteiger partial charge in [-0.3, -0.25) is 0 Å². The van der Waals surface area contributed by atoms with Crippen molar-refractivity contribution < 1.29 is 9.84 Å². The lowest BCUT2D eigenvalue weighted by molar-refractivity contribution is -0.0439. The van der Waals surface area contributed by atoms with E-state index < -0.39 is 5.60 Å². The van der Waals surface area contributed by atoms with Gasteiger partial charge >= 0.3 is 0 Å². The van der Waals surface area contributed by atoms with E-state index in [0.717, 1.165) is 43.9 Å². The summed E-state index contributed by atoms with van der Waals surface area (Å²) >= 11 is 0. The lowest BCUT2D eigenvalue weighted by Gasteiger charge is -2.34. The van der Waals surface area contributed by atoms with Crippen molar-refractivity contribution in [3.8, 4) is 0 Å². The minimum atomic E-state index is -0.838. The van der Waals surface area contributed by atoms with Crippen LogP contribution in [0.25, 0.3) is 0 Å². The second-order valence-corrected chi connectivity index (χ2v) is 6.80. The lowest BCUT2D eigenvalue weighted by Crippen LogP contribution is -2.52. The molecule has 0 aliphatic carbocycles. The van der Waals surface area contributed by atoms with Crippen molar-refractivity contribution >= 4 is 5.82 Å². The molecule has 0 aromatic carbocycles. The molecular weight excluding hydrogens is 292 g/mol. The van der Waals surface area contributed by atoms with Crippen LogP contribution in [0, 0.1) is 0 Å². The number of nitrogens with zero attached hydrogens (tertiary/aromatic N) is 4. The van der Waals surface area contributed by atoms with Crippen molar-refractivity contribution in [3.63, 3.8) is 0 Å². The Balaban J connectivity index is 1.76. The van der Waals surface area contributed by atoms with Crippen LogP contribution in [0.3, 0.4) is 0 Å². The number of aryl methyl sites for hydroxylation is 1. The molecule has 128 valence electrons. The van der Waals surface area contributed by atoms with E-state index in [2.05, 4.69) is 26.7 Å². The van der Waals surface area contributed by atoms with Crippen LogP contribution >= 0.6 is 0 Å². The predicted molar refractivity (Wildman–Crippen MR) is 89.7 cm³/mol. The molecule has 2 aliphatic rings. The first-order valence-corrected chi connectivity index (χ1v) is 8.76. The molecule has 0 spiro atoms. The second kappa shape index (κ2) is 7.55. The molecule has 23 heavy (non-hydrogen) atoms. The number of aliphatic hydroxyl groups is 1. The van der Waals surface area contributed by atoms with E-state index >= 15 is 0 Å². The zero-order valence-electron chi connectivity index (χ0n) is 14.1. The highest BCUT2D eigenvalue weighted by Crippen LogP contribution is 2.24. The molecule has 2 aliphatic heterocycles. The molecule has 2 saturated heterocycles. The van der Waals surface area contributed by atoms with Crippen molar-refractivity contribution in [1.29, 1.82) is 0 Å². The molecular formula is C17H28N4O2. The summed E-state index contributed by atoms with van der Waals surface area (Å²) in [5.41, 5.74) is 0.315. The minimum Gasteiger partial charge on any atom is -0.384 e. The Hall–Kier alpha value is -1.24. The summed E-state index contributed by atoms with van der Waals surface area (Å²) in [4.78, 5) is 13.2. The van der Waals surface area contributed by atoms with Crippen LogP contribution in [-0.4, -0.2) is 71.5 Å². The van der Waals surface area contributed by atoms with Gasteiger partial charge in [0.05, 0.1) is 19.8 Å². The first-order chi connectivity index (χ1) is 11.2. The van der Waals surface area contributed by atoms with Gasteiger partial charge < -0.3 is 19.6 Å². The number of likely N-dealkylation sites (tertiary alicyclic amines) is 1. The molecule has 3 heterocycles. The van der Waals surface area contributed by atoms with Gasteiger partial charge in [-0.25, -0.2) is 9.97 Å². The van der Waals surface area contributed by atoms with Crippen LogP contribution in [0.5, 0.6) is 0 Å². The highest BCUT2D eigenvalue weighted by Gasteiger charge is 2.36. The fourth-order valence-electron chi connectivity index (χ4n) is 3.63. The van der Waals surface area contributed by atoms with Gasteiger partial charge in [0.15, 0.2) is 0 Å². The minimum absolute atomic E-state index is 0.397. The molecule has 0 amide bonds. The van der Waals surface area contributed by atoms with Crippen molar-refractivity contribution in [2.24, 2.45) is 0 Å². The summed E-state index contributed by atoms with van der Waals surface area (Å²) in [6.45, 7) is 7.34. The van der Waals surface area contributed by atoms with E-state index in [9.17, 15) is 5.11 Å². The number of hydrogen-bond acceptors (Lipinski definition) is 6. The van der Waals surface area contributed by atoms with E-state index in [0.29, 0.717) is 26.3 Å². The summed E-state index contributed by atoms with van der Waals surface area (Å²) in [5.74, 6) is 0.951. The first-order valence-electron chi connectivity index (χ1n) is 8.76. The molecule has 6 heteroatoms. The fraction of sp³-hybridized carbons (Fsp3) is 0.765. The van der Waals surface area contributed by atoms with Crippen LogP contribution < -0.4 is 4.90 Å². The molecule has 1 aromatic heterocycles. The van der Waals surface area contributed by atoms with Crippen LogP contribution in [0.1, 0.15) is 31.7 Å². The molecule has 6 nitrogen and oxygen atoms in total. The smallest absolute Gasteiger partial charge is 0.135 e. The van der Waals surface area contributed by atoms with Gasteiger partial charge in [0.2, 0.25) is 0 Å². The molecule has 0 unspecified atom stereocenters. The van der Waals surface area contributed by atoms with E-state index in [1.54, 1.807) is 6.33 Å². The van der Waals surface area contributed by atoms with Crippen LogP contribution in [0.15, 0.2) is 12.5 Å². The largest absolute Gasteiger partial charge is 0.384 e. The second-order valence-electron chi connectivity index (χ2n) is 6.80. The van der Waals surface area contributed by atoms with Gasteiger partial charge in [-0.15, -0.1) is 0 Å². The first kappa shape index (κ1) is 16.6. The maximum Gasteiger partial charge on any atom is 0.135 e. The summed E-state index contributed by atoms with van der Waals surface area (Å²) in [6.07, 6.45) is 7.97. The summed E-state index contributed by atoms with van der Waals surface area (Å²) in [5, 5.41) is 11.1. The monoisotopic (exact) mass is 320 g/mol. The van der Waals surface area contributed by atoms with Gasteiger partial charge in [-0.05, 0) is 32.4 Å². The lowest BCUT2D eigenvalue weighted by atomic mass is 10.0. The average molecular weight is 320 g/mol. The van der Waals surface area contributed by atoms with Gasteiger partial charge in [0, 0.05) is 24.8 Å². The Labute approximate surface area is 138 Å². The zero-order valence-corrected chi connectivity index (χ0v) is 14.1. The third kappa shape index (κ3) is 4.19. The quantitative estimate of drug-likeness (QED) is 0.876. The average Bonchev–Trinajstić information content (AvgIpc) is 2.96. The summed E-state index contributed by atoms with van der Waals surface area (Å²) in [7, 11) is 0. The molecule has 0 saturated carbocycles. The van der Waals surface area contributed by atoms with E-state index in [-0.39, 0.29) is 0 Å². The summed E-state index contributed by atoms with van der Waals surface area (Å²) in [6, 6.07) is 0. The summed E-state index contributed by atoms with van der Waals surface area (Å²) < 4.78 is 5.71. The molecule has 1 aromatic rings. The molecule has 0 radical (unpaired) electrons. The van der Waals surface area contributed by atoms with Crippen LogP contribution in [-0.2, 0) is 11.2 Å². The standard InChI is InChI=1S/C17H28N4O2/c1-2-5-15-10-18-14-19-16(15)21-8-9-23-13-17(22,12-21)11-20-6-3-4-7-20/h10,14,22H,2-9,11-13H2,1H3/t17-/m0/s1. The van der Waals surface area contributed by atoms with Gasteiger partial charge in [-0.1, -0.05) is 13.3 Å². The molecule has 3 rings (SSSR count). The molecule has 1 N–H and O–H groups in total. The van der Waals surface area contributed by atoms with E-state index in [4.69, 9.17) is 4.74 Å². The normalized spacial score (nSPS) is 26.4. The molecule has 0 bridgehead atoms. The third-order valence-electron chi connectivity index (χ3n) is 4.66. The van der Waals surface area contributed by atoms with Gasteiger partial charge in [0.1, 0.15) is 17.7 Å². The number of β-amino-alcohol motifs (C(OH)–C–C–N with tert-alkyl or cyclic N) is 1. The topological polar surface area (TPSA) is 61.7 Å². The van der Waals surface area contributed by atoms with Crippen molar-refractivity contribution in [3.05, 3.63) is 18.1 Å². The Bertz CT molecular complexity index is 507. The van der Waals surface area contributed by atoms with Crippen LogP contribution in [0.4, 0.5) is 5.82 Å². The maximum absolute atomic E-state index is 11.1. The van der Waals surface area contributed by atoms with E-state index in [1.807, 2.05) is 6.20 Å². The third-order valence-corrected chi connectivity index (χ3v) is 4.66.